The van der Waals surface area contributed by atoms with Gasteiger partial charge in [-0.25, -0.2) is 0 Å². The lowest BCUT2D eigenvalue weighted by Crippen LogP contribution is -2.10. The lowest BCUT2D eigenvalue weighted by Gasteiger charge is -2.12. The fourth-order valence-electron chi connectivity index (χ4n) is 2.35. The molecule has 5 heteroatoms. The van der Waals surface area contributed by atoms with Gasteiger partial charge in [0.1, 0.15) is 0 Å². The maximum Gasteiger partial charge on any atom is 0.170 e. The summed E-state index contributed by atoms with van der Waals surface area (Å²) in [7, 11) is 0. The third-order valence-corrected chi connectivity index (χ3v) is 4.30. The number of nitrogens with two attached hydrogens (primary N) is 1. The Hall–Kier alpha value is -1.62. The SMILES string of the molecule is CCC(CC)n1ccc(CC(=O)c2cc(N)ccc2Br)n1. The molecule has 1 aromatic heterocycles. The van der Waals surface area contributed by atoms with Crippen LogP contribution >= 0.6 is 15.9 Å². The summed E-state index contributed by atoms with van der Waals surface area (Å²) in [6.45, 7) is 4.29. The van der Waals surface area contributed by atoms with Crippen LogP contribution in [0.15, 0.2) is 34.9 Å². The number of nitrogen functional groups attached to an aromatic ring is 1. The maximum atomic E-state index is 12.4. The number of Topliss-reactive ketones (excluding diaryl/α,β-unsaturated/α-hetero) is 1. The maximum absolute atomic E-state index is 12.4. The molecule has 4 nitrogen and oxygen atoms in total. The number of hydrogen-bond donors (Lipinski definition) is 1. The zero-order valence-electron chi connectivity index (χ0n) is 12.3. The molecular formula is C16H20BrN3O. The van der Waals surface area contributed by atoms with Crippen LogP contribution in [-0.2, 0) is 6.42 Å². The molecule has 0 amide bonds. The van der Waals surface area contributed by atoms with Crippen molar-refractivity contribution in [2.75, 3.05) is 5.73 Å². The molecule has 0 aliphatic carbocycles. The van der Waals surface area contributed by atoms with Gasteiger partial charge in [0.2, 0.25) is 0 Å². The van der Waals surface area contributed by atoms with E-state index in [1.165, 1.54) is 0 Å². The first-order valence-electron chi connectivity index (χ1n) is 7.17. The molecule has 0 radical (unpaired) electrons. The van der Waals surface area contributed by atoms with Gasteiger partial charge in [-0.2, -0.15) is 5.10 Å². The second kappa shape index (κ2) is 6.89. The first-order chi connectivity index (χ1) is 10.0. The van der Waals surface area contributed by atoms with Gasteiger partial charge in [0.25, 0.3) is 0 Å². The quantitative estimate of drug-likeness (QED) is 0.632. The molecule has 0 saturated carbocycles. The van der Waals surface area contributed by atoms with Crippen molar-refractivity contribution in [3.63, 3.8) is 0 Å². The Kier molecular flexibility index (Phi) is 5.17. The molecule has 1 aromatic carbocycles. The van der Waals surface area contributed by atoms with Crippen LogP contribution in [-0.4, -0.2) is 15.6 Å². The summed E-state index contributed by atoms with van der Waals surface area (Å²) < 4.78 is 2.72. The molecule has 0 spiro atoms. The first kappa shape index (κ1) is 15.8. The Morgan fingerprint density at radius 2 is 2.05 bits per heavy atom. The number of carbonyl (C=O) groups excluding carboxylic acids is 1. The highest BCUT2D eigenvalue weighted by Gasteiger charge is 2.14. The number of nitrogens with zero attached hydrogens (tertiary/aromatic N) is 2. The minimum Gasteiger partial charge on any atom is -0.399 e. The van der Waals surface area contributed by atoms with E-state index in [2.05, 4.69) is 34.9 Å². The van der Waals surface area contributed by atoms with Crippen molar-refractivity contribution in [2.45, 2.75) is 39.2 Å². The van der Waals surface area contributed by atoms with Crippen molar-refractivity contribution in [1.82, 2.24) is 9.78 Å². The van der Waals surface area contributed by atoms with Gasteiger partial charge in [-0.15, -0.1) is 0 Å². The smallest absolute Gasteiger partial charge is 0.170 e. The normalized spacial score (nSPS) is 11.0. The molecule has 0 aliphatic rings. The van der Waals surface area contributed by atoms with Crippen LogP contribution < -0.4 is 5.73 Å². The number of benzene rings is 1. The summed E-state index contributed by atoms with van der Waals surface area (Å²) in [4.78, 5) is 12.4. The van der Waals surface area contributed by atoms with Crippen molar-refractivity contribution < 1.29 is 4.79 Å². The summed E-state index contributed by atoms with van der Waals surface area (Å²) in [5.74, 6) is 0.0176. The highest BCUT2D eigenvalue weighted by Crippen LogP contribution is 2.21. The van der Waals surface area contributed by atoms with Gasteiger partial charge in [-0.1, -0.05) is 29.8 Å². The monoisotopic (exact) mass is 349 g/mol. The zero-order chi connectivity index (χ0) is 15.4. The molecule has 2 N–H and O–H groups in total. The van der Waals surface area contributed by atoms with Crippen LogP contribution in [0.1, 0.15) is 48.8 Å². The second-order valence-electron chi connectivity index (χ2n) is 5.10. The van der Waals surface area contributed by atoms with Crippen LogP contribution in [0.3, 0.4) is 0 Å². The van der Waals surface area contributed by atoms with Crippen molar-refractivity contribution >= 4 is 27.4 Å². The van der Waals surface area contributed by atoms with E-state index in [0.29, 0.717) is 17.3 Å². The van der Waals surface area contributed by atoms with E-state index in [0.717, 1.165) is 23.0 Å². The van der Waals surface area contributed by atoms with Crippen LogP contribution in [0.5, 0.6) is 0 Å². The minimum absolute atomic E-state index is 0.0176. The Labute approximate surface area is 133 Å². The van der Waals surface area contributed by atoms with Crippen LogP contribution in [0.4, 0.5) is 5.69 Å². The van der Waals surface area contributed by atoms with E-state index < -0.39 is 0 Å². The van der Waals surface area contributed by atoms with Crippen molar-refractivity contribution in [2.24, 2.45) is 0 Å². The van der Waals surface area contributed by atoms with Gasteiger partial charge < -0.3 is 5.73 Å². The zero-order valence-corrected chi connectivity index (χ0v) is 13.9. The highest BCUT2D eigenvalue weighted by molar-refractivity contribution is 9.10. The van der Waals surface area contributed by atoms with Crippen molar-refractivity contribution in [3.8, 4) is 0 Å². The summed E-state index contributed by atoms with van der Waals surface area (Å²) in [6, 6.07) is 7.57. The van der Waals surface area contributed by atoms with Gasteiger partial charge in [-0.3, -0.25) is 9.48 Å². The van der Waals surface area contributed by atoms with Crippen molar-refractivity contribution in [1.29, 1.82) is 0 Å². The second-order valence-corrected chi connectivity index (χ2v) is 5.95. The van der Waals surface area contributed by atoms with Crippen LogP contribution in [0, 0.1) is 0 Å². The van der Waals surface area contributed by atoms with Crippen LogP contribution in [0.25, 0.3) is 0 Å². The molecule has 2 aromatic rings. The standard InChI is InChI=1S/C16H20BrN3O/c1-3-13(4-2)20-8-7-12(19-20)10-16(21)14-9-11(18)5-6-15(14)17/h5-9,13H,3-4,10,18H2,1-2H3. The third-order valence-electron chi connectivity index (χ3n) is 3.61. The fourth-order valence-corrected chi connectivity index (χ4v) is 2.82. The molecular weight excluding hydrogens is 330 g/mol. The lowest BCUT2D eigenvalue weighted by atomic mass is 10.1. The predicted molar refractivity (Wildman–Crippen MR) is 88.4 cm³/mol. The van der Waals surface area contributed by atoms with E-state index in [-0.39, 0.29) is 12.2 Å². The number of carbonyl (C=O) groups is 1. The lowest BCUT2D eigenvalue weighted by molar-refractivity contribution is 0.0991. The molecule has 0 atom stereocenters. The first-order valence-corrected chi connectivity index (χ1v) is 7.96. The molecule has 0 unspecified atom stereocenters. The van der Waals surface area contributed by atoms with E-state index >= 15 is 0 Å². The molecule has 21 heavy (non-hydrogen) atoms. The largest absolute Gasteiger partial charge is 0.399 e. The molecule has 112 valence electrons. The van der Waals surface area contributed by atoms with Gasteiger partial charge in [0, 0.05) is 21.9 Å². The highest BCUT2D eigenvalue weighted by atomic mass is 79.9. The summed E-state index contributed by atoms with van der Waals surface area (Å²) in [5, 5.41) is 4.52. The van der Waals surface area contributed by atoms with Crippen LogP contribution in [0.2, 0.25) is 0 Å². The Balaban J connectivity index is 2.15. The Morgan fingerprint density at radius 1 is 1.33 bits per heavy atom. The molecule has 0 fully saturated rings. The molecule has 2 rings (SSSR count). The minimum atomic E-state index is 0.0176. The van der Waals surface area contributed by atoms with Gasteiger partial charge in [0.15, 0.2) is 5.78 Å². The Bertz CT molecular complexity index is 632. The number of rotatable bonds is 6. The predicted octanol–water partition coefficient (Wildman–Crippen LogP) is 4.01. The summed E-state index contributed by atoms with van der Waals surface area (Å²) >= 11 is 3.39. The van der Waals surface area contributed by atoms with E-state index in [4.69, 9.17) is 5.73 Å². The third kappa shape index (κ3) is 3.73. The van der Waals surface area contributed by atoms with Gasteiger partial charge >= 0.3 is 0 Å². The number of anilines is 1. The number of aromatic nitrogens is 2. The fraction of sp³-hybridized carbons (Fsp3) is 0.375. The van der Waals surface area contributed by atoms with Gasteiger partial charge in [0.05, 0.1) is 18.2 Å². The molecule has 0 aliphatic heterocycles. The average molecular weight is 350 g/mol. The average Bonchev–Trinajstić information content (AvgIpc) is 2.91. The summed E-state index contributed by atoms with van der Waals surface area (Å²) in [6.07, 6.45) is 4.31. The van der Waals surface area contributed by atoms with E-state index in [9.17, 15) is 4.79 Å². The molecule has 0 saturated heterocycles. The number of hydrogen-bond acceptors (Lipinski definition) is 3. The van der Waals surface area contributed by atoms with Gasteiger partial charge in [-0.05, 0) is 37.1 Å². The number of ketones is 1. The van der Waals surface area contributed by atoms with E-state index in [1.54, 1.807) is 18.2 Å². The molecule has 1 heterocycles. The Morgan fingerprint density at radius 3 is 2.71 bits per heavy atom. The van der Waals surface area contributed by atoms with Crippen molar-refractivity contribution in [3.05, 3.63) is 46.2 Å². The van der Waals surface area contributed by atoms with E-state index in [1.807, 2.05) is 16.9 Å². The summed E-state index contributed by atoms with van der Waals surface area (Å²) in [5.41, 5.74) is 7.73. The molecule has 0 bridgehead atoms. The number of halogens is 1. The topological polar surface area (TPSA) is 60.9 Å².